The zero-order valence-corrected chi connectivity index (χ0v) is 14.3. The number of carbonyl (C=O) groups is 1. The van der Waals surface area contributed by atoms with Crippen molar-refractivity contribution in [2.24, 2.45) is 5.10 Å². The van der Waals surface area contributed by atoms with Gasteiger partial charge in [0, 0.05) is 32.1 Å². The van der Waals surface area contributed by atoms with Gasteiger partial charge < -0.3 is 10.7 Å². The second-order valence-electron chi connectivity index (χ2n) is 4.55. The van der Waals surface area contributed by atoms with Gasteiger partial charge in [-0.2, -0.15) is 5.10 Å². The maximum atomic E-state index is 12.1. The Hall–Kier alpha value is -3.78. The van der Waals surface area contributed by atoms with Gasteiger partial charge in [-0.25, -0.2) is 15.5 Å². The summed E-state index contributed by atoms with van der Waals surface area (Å²) in [6, 6.07) is 5.66. The van der Waals surface area contributed by atoms with E-state index >= 15 is 0 Å². The largest absolute Gasteiger partial charge is 0.320 e. The second-order valence-corrected chi connectivity index (χ2v) is 4.55. The molecule has 0 aliphatic rings. The third kappa shape index (κ3) is 6.89. The Morgan fingerprint density at radius 1 is 1.16 bits per heavy atom. The highest BCUT2D eigenvalue weighted by atomic mass is 16.1. The van der Waals surface area contributed by atoms with Crippen LogP contribution >= 0.6 is 0 Å². The number of nitrogens with one attached hydrogen (secondary N) is 2. The molecule has 25 heavy (non-hydrogen) atoms. The Bertz CT molecular complexity index is 743. The summed E-state index contributed by atoms with van der Waals surface area (Å²) in [5, 5.41) is 19.8. The van der Waals surface area contributed by atoms with Crippen LogP contribution in [0.2, 0.25) is 0 Å². The summed E-state index contributed by atoms with van der Waals surface area (Å²) < 4.78 is 0. The fraction of sp³-hybridized carbons (Fsp3) is 0.176. The van der Waals surface area contributed by atoms with E-state index in [2.05, 4.69) is 39.0 Å². The van der Waals surface area contributed by atoms with Gasteiger partial charge in [0.2, 0.25) is 0 Å². The van der Waals surface area contributed by atoms with Crippen LogP contribution in [0.1, 0.15) is 27.3 Å². The van der Waals surface area contributed by atoms with E-state index in [1.54, 1.807) is 19.5 Å². The molecule has 1 aromatic carbocycles. The van der Waals surface area contributed by atoms with Gasteiger partial charge in [0.15, 0.2) is 0 Å². The van der Waals surface area contributed by atoms with Crippen LogP contribution in [0.3, 0.4) is 0 Å². The van der Waals surface area contributed by atoms with E-state index < -0.39 is 0 Å². The van der Waals surface area contributed by atoms with Crippen LogP contribution in [0, 0.1) is 37.5 Å². The SMILES string of the molecule is C#N.C#N.CNN=Cc1ccc(NC(=O)c2cnc(C)cn2)c(C)c1. The number of rotatable bonds is 4. The van der Waals surface area contributed by atoms with Crippen molar-refractivity contribution >= 4 is 17.8 Å². The van der Waals surface area contributed by atoms with Gasteiger partial charge in [-0.15, -0.1) is 0 Å². The quantitative estimate of drug-likeness (QED) is 0.650. The van der Waals surface area contributed by atoms with Crippen LogP contribution in [0.25, 0.3) is 0 Å². The number of hydrogen-bond acceptors (Lipinski definition) is 7. The van der Waals surface area contributed by atoms with Gasteiger partial charge in [0.25, 0.3) is 5.91 Å². The Kier molecular flexibility index (Phi) is 9.97. The topological polar surface area (TPSA) is 127 Å². The number of nitriles is 2. The first-order valence-electron chi connectivity index (χ1n) is 7.02. The fourth-order valence-electron chi connectivity index (χ4n) is 1.74. The molecule has 0 radical (unpaired) electrons. The number of amides is 1. The van der Waals surface area contributed by atoms with Crippen molar-refractivity contribution < 1.29 is 4.79 Å². The third-order valence-electron chi connectivity index (χ3n) is 2.85. The van der Waals surface area contributed by atoms with Crippen LogP contribution in [-0.4, -0.2) is 29.1 Å². The minimum absolute atomic E-state index is 0.276. The molecule has 2 aromatic rings. The lowest BCUT2D eigenvalue weighted by atomic mass is 10.1. The van der Waals surface area contributed by atoms with E-state index in [0.29, 0.717) is 5.69 Å². The molecular weight excluding hydrogens is 318 g/mol. The van der Waals surface area contributed by atoms with Gasteiger partial charge in [0.05, 0.1) is 18.1 Å². The highest BCUT2D eigenvalue weighted by Crippen LogP contribution is 2.16. The van der Waals surface area contributed by atoms with Crippen LogP contribution in [0.4, 0.5) is 5.69 Å². The molecule has 0 bridgehead atoms. The molecule has 8 heteroatoms. The van der Waals surface area contributed by atoms with Crippen molar-refractivity contribution in [3.63, 3.8) is 0 Å². The highest BCUT2D eigenvalue weighted by molar-refractivity contribution is 6.03. The number of anilines is 1. The lowest BCUT2D eigenvalue weighted by Crippen LogP contribution is -2.15. The summed E-state index contributed by atoms with van der Waals surface area (Å²) in [7, 11) is 1.74. The molecule has 1 amide bonds. The molecule has 1 heterocycles. The molecule has 2 N–H and O–H groups in total. The van der Waals surface area contributed by atoms with Crippen LogP contribution in [0.5, 0.6) is 0 Å². The smallest absolute Gasteiger partial charge is 0.275 e. The van der Waals surface area contributed by atoms with E-state index in [1.165, 1.54) is 6.20 Å². The summed E-state index contributed by atoms with van der Waals surface area (Å²) in [5.41, 5.74) is 6.40. The van der Waals surface area contributed by atoms with Crippen molar-refractivity contribution in [2.75, 3.05) is 12.4 Å². The van der Waals surface area contributed by atoms with Gasteiger partial charge in [-0.3, -0.25) is 9.78 Å². The third-order valence-corrected chi connectivity index (χ3v) is 2.85. The summed E-state index contributed by atoms with van der Waals surface area (Å²) in [5.74, 6) is -0.276. The zero-order valence-electron chi connectivity index (χ0n) is 14.3. The molecule has 1 aromatic heterocycles. The van der Waals surface area contributed by atoms with Gasteiger partial charge in [0.1, 0.15) is 5.69 Å². The Morgan fingerprint density at radius 2 is 1.84 bits per heavy atom. The average molecular weight is 337 g/mol. The van der Waals surface area contributed by atoms with E-state index in [9.17, 15) is 4.79 Å². The van der Waals surface area contributed by atoms with Crippen molar-refractivity contribution in [3.8, 4) is 13.1 Å². The number of aryl methyl sites for hydroxylation is 2. The van der Waals surface area contributed by atoms with Gasteiger partial charge in [-0.1, -0.05) is 6.07 Å². The van der Waals surface area contributed by atoms with Gasteiger partial charge in [-0.05, 0) is 37.1 Å². The lowest BCUT2D eigenvalue weighted by molar-refractivity contribution is 0.102. The van der Waals surface area contributed by atoms with Crippen LogP contribution in [0.15, 0.2) is 35.7 Å². The average Bonchev–Trinajstić information content (AvgIpc) is 2.65. The molecular formula is C17H19N7O. The number of aromatic nitrogens is 2. The molecule has 128 valence electrons. The summed E-state index contributed by atoms with van der Waals surface area (Å²) in [4.78, 5) is 20.2. The molecule has 0 unspecified atom stereocenters. The molecule has 0 spiro atoms. The maximum Gasteiger partial charge on any atom is 0.275 e. The van der Waals surface area contributed by atoms with Crippen LogP contribution in [-0.2, 0) is 0 Å². The van der Waals surface area contributed by atoms with E-state index in [4.69, 9.17) is 10.5 Å². The van der Waals surface area contributed by atoms with Crippen LogP contribution < -0.4 is 10.7 Å². The molecule has 0 saturated heterocycles. The standard InChI is InChI=1S/C15H17N5O.2CHN/c1-10-6-12(8-19-16-3)4-5-13(10)20-15(21)14-9-17-11(2)7-18-14;2*1-2/h4-9,16H,1-3H3,(H,20,21);2*1H. The number of carbonyl (C=O) groups excluding carboxylic acids is 1. The Balaban J connectivity index is 0.00000134. The molecule has 0 fully saturated rings. The normalized spacial score (nSPS) is 9.08. The molecule has 2 rings (SSSR count). The van der Waals surface area contributed by atoms with E-state index in [1.807, 2.05) is 32.0 Å². The van der Waals surface area contributed by atoms with E-state index in [-0.39, 0.29) is 5.91 Å². The minimum Gasteiger partial charge on any atom is -0.320 e. The number of hydrazone groups is 1. The zero-order chi connectivity index (χ0) is 19.2. The first-order chi connectivity index (χ1) is 12.1. The predicted octanol–water partition coefficient (Wildman–Crippen LogP) is 2.18. The van der Waals surface area contributed by atoms with E-state index in [0.717, 1.165) is 22.5 Å². The number of hydrogen-bond donors (Lipinski definition) is 2. The molecule has 8 nitrogen and oxygen atoms in total. The van der Waals surface area contributed by atoms with Crippen molar-refractivity contribution in [1.82, 2.24) is 15.4 Å². The lowest BCUT2D eigenvalue weighted by Gasteiger charge is -2.08. The maximum absolute atomic E-state index is 12.1. The number of benzene rings is 1. The Morgan fingerprint density at radius 3 is 2.36 bits per heavy atom. The summed E-state index contributed by atoms with van der Waals surface area (Å²) in [6.45, 7) is 10.7. The fourth-order valence-corrected chi connectivity index (χ4v) is 1.74. The summed E-state index contributed by atoms with van der Waals surface area (Å²) in [6.07, 6.45) is 4.75. The second kappa shape index (κ2) is 11.7. The predicted molar refractivity (Wildman–Crippen MR) is 95.9 cm³/mol. The minimum atomic E-state index is -0.276. The first kappa shape index (κ1) is 21.2. The molecule has 0 aliphatic carbocycles. The van der Waals surface area contributed by atoms with Crippen molar-refractivity contribution in [2.45, 2.75) is 13.8 Å². The highest BCUT2D eigenvalue weighted by Gasteiger charge is 2.09. The Labute approximate surface area is 146 Å². The van der Waals surface area contributed by atoms with Gasteiger partial charge >= 0.3 is 0 Å². The van der Waals surface area contributed by atoms with Crippen molar-refractivity contribution in [1.29, 1.82) is 10.5 Å². The summed E-state index contributed by atoms with van der Waals surface area (Å²) >= 11 is 0. The first-order valence-corrected chi connectivity index (χ1v) is 7.02. The monoisotopic (exact) mass is 337 g/mol. The molecule has 0 aliphatic heterocycles. The molecule has 0 atom stereocenters. The number of nitrogens with zero attached hydrogens (tertiary/aromatic N) is 5. The molecule has 0 saturated carbocycles. The van der Waals surface area contributed by atoms with Crippen molar-refractivity contribution in [3.05, 3.63) is 53.1 Å².